The summed E-state index contributed by atoms with van der Waals surface area (Å²) < 4.78 is 16.1. The number of benzene rings is 2. The Morgan fingerprint density at radius 1 is 0.966 bits per heavy atom. The lowest BCUT2D eigenvalue weighted by molar-refractivity contribution is -0.195. The molecule has 0 unspecified atom stereocenters. The molecule has 156 valence electrons. The molecule has 8 nitrogen and oxygen atoms in total. The number of methoxy groups -OCH3 is 2. The molecule has 8 heteroatoms. The van der Waals surface area contributed by atoms with Crippen LogP contribution < -0.4 is 14.8 Å². The van der Waals surface area contributed by atoms with Crippen molar-refractivity contribution in [2.75, 3.05) is 20.8 Å². The van der Waals surface area contributed by atoms with Crippen LogP contribution in [0, 0.1) is 0 Å². The molecule has 0 saturated carbocycles. The first-order chi connectivity index (χ1) is 14.0. The van der Waals surface area contributed by atoms with Gasteiger partial charge in [0, 0.05) is 5.56 Å². The average Bonchev–Trinajstić information content (AvgIpc) is 2.77. The van der Waals surface area contributed by atoms with Gasteiger partial charge in [-0.2, -0.15) is 0 Å². The second-order valence-corrected chi connectivity index (χ2v) is 6.76. The van der Waals surface area contributed by atoms with Gasteiger partial charge in [-0.05, 0) is 42.0 Å². The van der Waals surface area contributed by atoms with Gasteiger partial charge in [0.1, 0.15) is 35.9 Å². The minimum atomic E-state index is -1.35. The molecular formula is C21H25NO7. The number of hydrogen-bond acceptors (Lipinski definition) is 7. The van der Waals surface area contributed by atoms with Crippen molar-refractivity contribution in [3.05, 3.63) is 59.7 Å². The van der Waals surface area contributed by atoms with Crippen molar-refractivity contribution in [3.63, 3.8) is 0 Å². The normalized spacial score (nSPS) is 26.6. The Morgan fingerprint density at radius 3 is 2.03 bits per heavy atom. The molecule has 0 bridgehead atoms. The Hall–Kier alpha value is -2.65. The molecule has 1 amide bonds. The van der Waals surface area contributed by atoms with Crippen LogP contribution in [0.5, 0.6) is 11.5 Å². The minimum Gasteiger partial charge on any atom is -0.497 e. The zero-order chi connectivity index (χ0) is 21.0. The Morgan fingerprint density at radius 2 is 1.52 bits per heavy atom. The maximum atomic E-state index is 12.7. The molecule has 2 aromatic rings. The van der Waals surface area contributed by atoms with Crippen molar-refractivity contribution >= 4 is 5.91 Å². The van der Waals surface area contributed by atoms with Crippen LogP contribution in [-0.2, 0) is 4.74 Å². The molecule has 1 fully saturated rings. The average molecular weight is 403 g/mol. The number of nitrogens with one attached hydrogen (secondary N) is 1. The minimum absolute atomic E-state index is 0.366. The van der Waals surface area contributed by atoms with Crippen molar-refractivity contribution in [2.24, 2.45) is 0 Å². The molecule has 0 aliphatic carbocycles. The number of aliphatic hydroxyl groups excluding tert-OH is 3. The predicted octanol–water partition coefficient (Wildman–Crippen LogP) is 0.656. The van der Waals surface area contributed by atoms with E-state index in [1.54, 1.807) is 55.6 Å². The Labute approximate surface area is 168 Å². The second-order valence-electron chi connectivity index (χ2n) is 6.76. The van der Waals surface area contributed by atoms with E-state index < -0.39 is 43.0 Å². The highest BCUT2D eigenvalue weighted by molar-refractivity contribution is 5.94. The van der Waals surface area contributed by atoms with Crippen LogP contribution >= 0.6 is 0 Å². The second kappa shape index (κ2) is 9.23. The monoisotopic (exact) mass is 403 g/mol. The lowest BCUT2D eigenvalue weighted by atomic mass is 9.88. The van der Waals surface area contributed by atoms with E-state index >= 15 is 0 Å². The van der Waals surface area contributed by atoms with Gasteiger partial charge in [0.05, 0.1) is 26.9 Å². The van der Waals surface area contributed by atoms with E-state index in [0.29, 0.717) is 22.6 Å². The number of rotatable bonds is 6. The maximum Gasteiger partial charge on any atom is 0.251 e. The third-order valence-corrected chi connectivity index (χ3v) is 5.02. The summed E-state index contributed by atoms with van der Waals surface area (Å²) >= 11 is 0. The predicted molar refractivity (Wildman–Crippen MR) is 104 cm³/mol. The highest BCUT2D eigenvalue weighted by Crippen LogP contribution is 2.33. The van der Waals surface area contributed by atoms with Crippen LogP contribution in [-0.4, -0.2) is 66.4 Å². The molecule has 1 saturated heterocycles. The largest absolute Gasteiger partial charge is 0.497 e. The Balaban J connectivity index is 1.86. The molecule has 5 atom stereocenters. The van der Waals surface area contributed by atoms with Gasteiger partial charge in [-0.1, -0.05) is 12.1 Å². The molecule has 0 aromatic heterocycles. The van der Waals surface area contributed by atoms with Gasteiger partial charge in [0.15, 0.2) is 0 Å². The Kier molecular flexibility index (Phi) is 6.71. The summed E-state index contributed by atoms with van der Waals surface area (Å²) in [6.07, 6.45) is -4.45. The molecule has 1 aliphatic heterocycles. The van der Waals surface area contributed by atoms with Gasteiger partial charge < -0.3 is 34.8 Å². The lowest BCUT2D eigenvalue weighted by Gasteiger charge is -2.43. The number of hydrogen-bond donors (Lipinski definition) is 4. The first-order valence-electron chi connectivity index (χ1n) is 9.19. The smallest absolute Gasteiger partial charge is 0.251 e. The number of carbonyl (C=O) groups is 1. The van der Waals surface area contributed by atoms with Crippen LogP contribution in [0.1, 0.15) is 22.0 Å². The van der Waals surface area contributed by atoms with Crippen LogP contribution in [0.2, 0.25) is 0 Å². The van der Waals surface area contributed by atoms with Crippen LogP contribution in [0.25, 0.3) is 0 Å². The van der Waals surface area contributed by atoms with Crippen molar-refractivity contribution in [1.82, 2.24) is 5.32 Å². The van der Waals surface area contributed by atoms with E-state index in [9.17, 15) is 20.1 Å². The molecule has 4 N–H and O–H groups in total. The molecular weight excluding hydrogens is 378 g/mol. The highest BCUT2D eigenvalue weighted by atomic mass is 16.5. The lowest BCUT2D eigenvalue weighted by Crippen LogP contribution is -2.61. The summed E-state index contributed by atoms with van der Waals surface area (Å²) in [7, 11) is 3.08. The van der Waals surface area contributed by atoms with Gasteiger partial charge >= 0.3 is 0 Å². The molecule has 0 spiro atoms. The van der Waals surface area contributed by atoms with Crippen LogP contribution in [0.4, 0.5) is 0 Å². The summed E-state index contributed by atoms with van der Waals surface area (Å²) in [6, 6.07) is 12.5. The number of aliphatic hydroxyl groups is 3. The van der Waals surface area contributed by atoms with E-state index in [1.165, 1.54) is 7.11 Å². The van der Waals surface area contributed by atoms with E-state index in [4.69, 9.17) is 14.2 Å². The summed E-state index contributed by atoms with van der Waals surface area (Å²) in [6.45, 7) is -0.468. The summed E-state index contributed by atoms with van der Waals surface area (Å²) in [4.78, 5) is 12.7. The fourth-order valence-corrected chi connectivity index (χ4v) is 3.33. The first-order valence-corrected chi connectivity index (χ1v) is 9.19. The zero-order valence-corrected chi connectivity index (χ0v) is 16.2. The van der Waals surface area contributed by atoms with E-state index in [0.717, 1.165) is 0 Å². The standard InChI is InChI=1S/C21H25NO7/c1-27-14-7-3-12(4-8-14)20-17(19(25)18(24)16(11-23)29-20)22-21(26)13-5-9-15(28-2)10-6-13/h3-10,16-20,23-25H,11H2,1-2H3,(H,22,26)/t16-,17-,18+,19-,20+/m1/s1. The molecule has 0 radical (unpaired) electrons. The molecule has 29 heavy (non-hydrogen) atoms. The number of ether oxygens (including phenoxy) is 3. The molecule has 3 rings (SSSR count). The first kappa shape index (κ1) is 21.1. The van der Waals surface area contributed by atoms with Crippen molar-refractivity contribution in [1.29, 1.82) is 0 Å². The summed E-state index contributed by atoms with van der Waals surface area (Å²) in [5.74, 6) is 0.816. The molecule has 1 aliphatic rings. The van der Waals surface area contributed by atoms with E-state index in [-0.39, 0.29) is 0 Å². The highest BCUT2D eigenvalue weighted by Gasteiger charge is 2.45. The van der Waals surface area contributed by atoms with Gasteiger partial charge in [0.25, 0.3) is 5.91 Å². The van der Waals surface area contributed by atoms with E-state index in [2.05, 4.69) is 5.32 Å². The van der Waals surface area contributed by atoms with Gasteiger partial charge in [-0.15, -0.1) is 0 Å². The fourth-order valence-electron chi connectivity index (χ4n) is 3.33. The topological polar surface area (TPSA) is 117 Å². The summed E-state index contributed by atoms with van der Waals surface area (Å²) in [5, 5.41) is 33.2. The van der Waals surface area contributed by atoms with Gasteiger partial charge in [-0.25, -0.2) is 0 Å². The van der Waals surface area contributed by atoms with Gasteiger partial charge in [-0.3, -0.25) is 4.79 Å². The number of amides is 1. The van der Waals surface area contributed by atoms with Crippen molar-refractivity contribution in [2.45, 2.75) is 30.5 Å². The van der Waals surface area contributed by atoms with E-state index in [1.807, 2.05) is 0 Å². The summed E-state index contributed by atoms with van der Waals surface area (Å²) in [5.41, 5.74) is 1.03. The van der Waals surface area contributed by atoms with Crippen molar-refractivity contribution < 1.29 is 34.3 Å². The third kappa shape index (κ3) is 4.51. The SMILES string of the molecule is COc1ccc(C(=O)N[C@@H]2[C@@H](O)[C@@H](O)[C@@H](CO)O[C@H]2c2ccc(OC)cc2)cc1. The van der Waals surface area contributed by atoms with Crippen molar-refractivity contribution in [3.8, 4) is 11.5 Å². The quantitative estimate of drug-likeness (QED) is 0.560. The molecule has 1 heterocycles. The molecule has 2 aromatic carbocycles. The Bertz CT molecular complexity index is 809. The van der Waals surface area contributed by atoms with Crippen LogP contribution in [0.3, 0.4) is 0 Å². The van der Waals surface area contributed by atoms with Gasteiger partial charge in [0.2, 0.25) is 0 Å². The number of carbonyl (C=O) groups excluding carboxylic acids is 1. The third-order valence-electron chi connectivity index (χ3n) is 5.02. The zero-order valence-electron chi connectivity index (χ0n) is 16.2. The fraction of sp³-hybridized carbons (Fsp3) is 0.381. The maximum absolute atomic E-state index is 12.7. The van der Waals surface area contributed by atoms with Crippen LogP contribution in [0.15, 0.2) is 48.5 Å².